The summed E-state index contributed by atoms with van der Waals surface area (Å²) in [5.41, 5.74) is 6.02. The highest BCUT2D eigenvalue weighted by molar-refractivity contribution is 5.94. The summed E-state index contributed by atoms with van der Waals surface area (Å²) in [6.07, 6.45) is 0. The van der Waals surface area contributed by atoms with E-state index in [1.165, 1.54) is 22.4 Å². The van der Waals surface area contributed by atoms with E-state index in [1.807, 2.05) is 26.2 Å². The van der Waals surface area contributed by atoms with Crippen LogP contribution in [0.4, 0.5) is 5.69 Å². The lowest BCUT2D eigenvalue weighted by molar-refractivity contribution is 0.0951. The molecule has 2 aromatic carbocycles. The molecule has 0 radical (unpaired) electrons. The minimum Gasteiger partial charge on any atom is -0.369 e. The first kappa shape index (κ1) is 21.3. The Kier molecular flexibility index (Phi) is 7.29. The molecule has 156 valence electrons. The van der Waals surface area contributed by atoms with Crippen molar-refractivity contribution in [3.8, 4) is 0 Å². The molecule has 5 heteroatoms. The monoisotopic (exact) mass is 394 g/mol. The maximum Gasteiger partial charge on any atom is 0.251 e. The molecule has 0 unspecified atom stereocenters. The topological polar surface area (TPSA) is 38.8 Å². The lowest BCUT2D eigenvalue weighted by Gasteiger charge is -2.36. The molecule has 0 bridgehead atoms. The third-order valence-corrected chi connectivity index (χ3v) is 5.69. The SMILES string of the molecule is Cc1ccc(N2CCN(Cc3ccc(C(=O)NCCN(C)C)cc3)CC2)cc1C. The lowest BCUT2D eigenvalue weighted by atomic mass is 10.1. The normalized spacial score (nSPS) is 15.0. The van der Waals surface area contributed by atoms with Gasteiger partial charge < -0.3 is 15.1 Å². The number of piperazine rings is 1. The van der Waals surface area contributed by atoms with Crippen molar-refractivity contribution in [2.24, 2.45) is 0 Å². The second-order valence-electron chi connectivity index (χ2n) is 8.29. The third-order valence-electron chi connectivity index (χ3n) is 5.69. The summed E-state index contributed by atoms with van der Waals surface area (Å²) < 4.78 is 0. The van der Waals surface area contributed by atoms with Gasteiger partial charge >= 0.3 is 0 Å². The Morgan fingerprint density at radius 1 is 0.966 bits per heavy atom. The summed E-state index contributed by atoms with van der Waals surface area (Å²) in [6, 6.07) is 14.8. The van der Waals surface area contributed by atoms with Crippen LogP contribution in [0.1, 0.15) is 27.0 Å². The van der Waals surface area contributed by atoms with Gasteiger partial charge in [0.05, 0.1) is 0 Å². The summed E-state index contributed by atoms with van der Waals surface area (Å²) in [5, 5.41) is 2.96. The van der Waals surface area contributed by atoms with Crippen molar-refractivity contribution in [1.82, 2.24) is 15.1 Å². The van der Waals surface area contributed by atoms with E-state index in [1.54, 1.807) is 0 Å². The molecule has 2 aromatic rings. The second kappa shape index (κ2) is 9.90. The van der Waals surface area contributed by atoms with Crippen molar-refractivity contribution in [3.05, 3.63) is 64.7 Å². The lowest BCUT2D eigenvalue weighted by Crippen LogP contribution is -2.46. The van der Waals surface area contributed by atoms with Crippen LogP contribution < -0.4 is 10.2 Å². The number of carbonyl (C=O) groups excluding carboxylic acids is 1. The van der Waals surface area contributed by atoms with Crippen molar-refractivity contribution in [1.29, 1.82) is 0 Å². The van der Waals surface area contributed by atoms with Crippen molar-refractivity contribution in [3.63, 3.8) is 0 Å². The zero-order chi connectivity index (χ0) is 20.8. The minimum atomic E-state index is 0.000376. The molecule has 0 saturated carbocycles. The van der Waals surface area contributed by atoms with Gasteiger partial charge in [0.1, 0.15) is 0 Å². The van der Waals surface area contributed by atoms with Crippen LogP contribution in [0.2, 0.25) is 0 Å². The van der Waals surface area contributed by atoms with Crippen molar-refractivity contribution < 1.29 is 4.79 Å². The molecule has 0 aliphatic carbocycles. The number of hydrogen-bond donors (Lipinski definition) is 1. The Bertz CT molecular complexity index is 808. The van der Waals surface area contributed by atoms with E-state index >= 15 is 0 Å². The molecular weight excluding hydrogens is 360 g/mol. The zero-order valence-electron chi connectivity index (χ0n) is 18.2. The van der Waals surface area contributed by atoms with E-state index in [9.17, 15) is 4.79 Å². The van der Waals surface area contributed by atoms with E-state index < -0.39 is 0 Å². The first-order chi connectivity index (χ1) is 13.9. The fourth-order valence-electron chi connectivity index (χ4n) is 3.60. The summed E-state index contributed by atoms with van der Waals surface area (Å²) in [6.45, 7) is 11.0. The van der Waals surface area contributed by atoms with Crippen LogP contribution in [-0.4, -0.2) is 69.1 Å². The highest BCUT2D eigenvalue weighted by Gasteiger charge is 2.18. The number of hydrogen-bond acceptors (Lipinski definition) is 4. The first-order valence-corrected chi connectivity index (χ1v) is 10.5. The van der Waals surface area contributed by atoms with Gasteiger partial charge in [-0.2, -0.15) is 0 Å². The summed E-state index contributed by atoms with van der Waals surface area (Å²) in [4.78, 5) is 19.2. The van der Waals surface area contributed by atoms with E-state index in [4.69, 9.17) is 0 Å². The van der Waals surface area contributed by atoms with Gasteiger partial charge in [-0.25, -0.2) is 0 Å². The summed E-state index contributed by atoms with van der Waals surface area (Å²) in [7, 11) is 4.01. The number of aryl methyl sites for hydroxylation is 2. The number of nitrogens with one attached hydrogen (secondary N) is 1. The smallest absolute Gasteiger partial charge is 0.251 e. The van der Waals surface area contributed by atoms with Crippen LogP contribution in [0.5, 0.6) is 0 Å². The van der Waals surface area contributed by atoms with E-state index in [0.29, 0.717) is 6.54 Å². The fraction of sp³-hybridized carbons (Fsp3) is 0.458. The van der Waals surface area contributed by atoms with Crippen LogP contribution in [0, 0.1) is 13.8 Å². The number of likely N-dealkylation sites (N-methyl/N-ethyl adjacent to an activating group) is 1. The molecule has 29 heavy (non-hydrogen) atoms. The molecule has 0 aromatic heterocycles. The van der Waals surface area contributed by atoms with E-state index in [2.05, 4.69) is 64.2 Å². The highest BCUT2D eigenvalue weighted by atomic mass is 16.1. The van der Waals surface area contributed by atoms with Gasteiger partial charge in [-0.05, 0) is 68.9 Å². The van der Waals surface area contributed by atoms with Gasteiger partial charge in [-0.15, -0.1) is 0 Å². The van der Waals surface area contributed by atoms with Crippen molar-refractivity contribution >= 4 is 11.6 Å². The van der Waals surface area contributed by atoms with Crippen LogP contribution in [0.15, 0.2) is 42.5 Å². The Morgan fingerprint density at radius 2 is 1.66 bits per heavy atom. The summed E-state index contributed by atoms with van der Waals surface area (Å²) >= 11 is 0. The molecule has 1 aliphatic rings. The Balaban J connectivity index is 1.47. The van der Waals surface area contributed by atoms with Crippen molar-refractivity contribution in [2.45, 2.75) is 20.4 Å². The third kappa shape index (κ3) is 6.05. The van der Waals surface area contributed by atoms with E-state index in [0.717, 1.165) is 44.8 Å². The number of amides is 1. The largest absolute Gasteiger partial charge is 0.369 e. The molecule has 0 spiro atoms. The van der Waals surface area contributed by atoms with Crippen LogP contribution in [0.25, 0.3) is 0 Å². The molecule has 1 aliphatic heterocycles. The predicted molar refractivity (Wildman–Crippen MR) is 121 cm³/mol. The predicted octanol–water partition coefficient (Wildman–Crippen LogP) is 2.92. The quantitative estimate of drug-likeness (QED) is 0.784. The number of benzene rings is 2. The Hall–Kier alpha value is -2.37. The number of anilines is 1. The highest BCUT2D eigenvalue weighted by Crippen LogP contribution is 2.21. The van der Waals surface area contributed by atoms with E-state index in [-0.39, 0.29) is 5.91 Å². The van der Waals surface area contributed by atoms with Crippen LogP contribution in [-0.2, 0) is 6.54 Å². The number of rotatable bonds is 7. The van der Waals surface area contributed by atoms with Crippen molar-refractivity contribution in [2.75, 3.05) is 58.3 Å². The minimum absolute atomic E-state index is 0.000376. The van der Waals surface area contributed by atoms with Crippen LogP contribution in [0.3, 0.4) is 0 Å². The Labute approximate surface area is 175 Å². The molecule has 1 saturated heterocycles. The molecule has 1 N–H and O–H groups in total. The van der Waals surface area contributed by atoms with Crippen LogP contribution >= 0.6 is 0 Å². The molecule has 0 atom stereocenters. The summed E-state index contributed by atoms with van der Waals surface area (Å²) in [5.74, 6) is 0.000376. The zero-order valence-corrected chi connectivity index (χ0v) is 18.2. The fourth-order valence-corrected chi connectivity index (χ4v) is 3.60. The molecule has 3 rings (SSSR count). The maximum atomic E-state index is 12.2. The standard InChI is InChI=1S/C24H34N4O/c1-19-5-10-23(17-20(19)2)28-15-13-27(14-16-28)18-21-6-8-22(9-7-21)24(29)25-11-12-26(3)4/h5-10,17H,11-16,18H2,1-4H3,(H,25,29). The average Bonchev–Trinajstić information content (AvgIpc) is 2.71. The first-order valence-electron chi connectivity index (χ1n) is 10.5. The molecule has 5 nitrogen and oxygen atoms in total. The molecule has 1 fully saturated rings. The number of nitrogens with zero attached hydrogens (tertiary/aromatic N) is 3. The van der Waals surface area contributed by atoms with Gasteiger partial charge in [0.15, 0.2) is 0 Å². The molecule has 1 amide bonds. The van der Waals surface area contributed by atoms with Gasteiger partial charge in [0.2, 0.25) is 0 Å². The molecular formula is C24H34N4O. The van der Waals surface area contributed by atoms with Gasteiger partial charge in [-0.1, -0.05) is 18.2 Å². The molecule has 1 heterocycles. The van der Waals surface area contributed by atoms with Gasteiger partial charge in [-0.3, -0.25) is 9.69 Å². The maximum absolute atomic E-state index is 12.2. The van der Waals surface area contributed by atoms with Gasteiger partial charge in [0, 0.05) is 57.1 Å². The van der Waals surface area contributed by atoms with Gasteiger partial charge in [0.25, 0.3) is 5.91 Å². The Morgan fingerprint density at radius 3 is 2.28 bits per heavy atom. The average molecular weight is 395 g/mol. The number of carbonyl (C=O) groups is 1. The second-order valence-corrected chi connectivity index (χ2v) is 8.29.